The monoisotopic (exact) mass is 390 g/mol. The first-order valence-electron chi connectivity index (χ1n) is 7.73. The van der Waals surface area contributed by atoms with Gasteiger partial charge in [-0.1, -0.05) is 0 Å². The van der Waals surface area contributed by atoms with Crippen molar-refractivity contribution in [2.75, 3.05) is 6.54 Å². The topological polar surface area (TPSA) is 225 Å². The Hall–Kier alpha value is -3.22. The van der Waals surface area contributed by atoms with E-state index < -0.39 is 73.1 Å². The van der Waals surface area contributed by atoms with Gasteiger partial charge in [0, 0.05) is 6.42 Å². The molecule has 0 heterocycles. The molecule has 13 heteroatoms. The third kappa shape index (κ3) is 10.4. The number of nitrogens with two attached hydrogens (primary N) is 1. The number of hydrogen-bond donors (Lipinski definition) is 7. The van der Waals surface area contributed by atoms with Crippen LogP contribution in [0.15, 0.2) is 0 Å². The van der Waals surface area contributed by atoms with Crippen LogP contribution in [-0.2, 0) is 28.8 Å². The number of amides is 3. The zero-order valence-electron chi connectivity index (χ0n) is 14.4. The van der Waals surface area contributed by atoms with E-state index in [0.29, 0.717) is 0 Å². The van der Waals surface area contributed by atoms with Crippen molar-refractivity contribution in [2.24, 2.45) is 5.73 Å². The molecule has 3 atom stereocenters. The van der Waals surface area contributed by atoms with E-state index in [-0.39, 0.29) is 6.42 Å². The van der Waals surface area contributed by atoms with Gasteiger partial charge in [-0.05, 0) is 13.3 Å². The van der Waals surface area contributed by atoms with Gasteiger partial charge in [0.05, 0.1) is 12.5 Å². The number of rotatable bonds is 12. The van der Waals surface area contributed by atoms with Gasteiger partial charge in [-0.15, -0.1) is 0 Å². The van der Waals surface area contributed by atoms with Crippen molar-refractivity contribution in [1.29, 1.82) is 0 Å². The van der Waals surface area contributed by atoms with Gasteiger partial charge in [0.1, 0.15) is 18.6 Å². The molecule has 0 aliphatic carbocycles. The molecule has 3 unspecified atom stereocenters. The average Bonchev–Trinajstić information content (AvgIpc) is 2.54. The summed E-state index contributed by atoms with van der Waals surface area (Å²) in [5.74, 6) is -6.56. The van der Waals surface area contributed by atoms with Gasteiger partial charge in [0.25, 0.3) is 0 Å². The molecule has 8 N–H and O–H groups in total. The Balaban J connectivity index is 4.86. The molecule has 152 valence electrons. The van der Waals surface area contributed by atoms with Crippen molar-refractivity contribution in [3.8, 4) is 0 Å². The summed E-state index contributed by atoms with van der Waals surface area (Å²) in [5.41, 5.74) is 5.36. The largest absolute Gasteiger partial charge is 0.481 e. The summed E-state index contributed by atoms with van der Waals surface area (Å²) in [4.78, 5) is 67.4. The van der Waals surface area contributed by atoms with Crippen LogP contribution in [0.4, 0.5) is 0 Å². The SMILES string of the molecule is CC(NC(=O)C(N)CC(=O)O)C(=O)NC(CCC(=O)O)C(=O)NCC(=O)O. The van der Waals surface area contributed by atoms with Crippen LogP contribution in [0.5, 0.6) is 0 Å². The molecule has 3 amide bonds. The van der Waals surface area contributed by atoms with Crippen LogP contribution >= 0.6 is 0 Å². The lowest BCUT2D eigenvalue weighted by molar-refractivity contribution is -0.140. The summed E-state index contributed by atoms with van der Waals surface area (Å²) >= 11 is 0. The Morgan fingerprint density at radius 2 is 1.44 bits per heavy atom. The van der Waals surface area contributed by atoms with Crippen molar-refractivity contribution in [3.63, 3.8) is 0 Å². The van der Waals surface area contributed by atoms with Gasteiger partial charge in [0.2, 0.25) is 17.7 Å². The van der Waals surface area contributed by atoms with Crippen molar-refractivity contribution in [3.05, 3.63) is 0 Å². The smallest absolute Gasteiger partial charge is 0.322 e. The molecule has 0 fully saturated rings. The molecule has 0 bridgehead atoms. The fourth-order valence-electron chi connectivity index (χ4n) is 1.79. The minimum absolute atomic E-state index is 0.314. The highest BCUT2D eigenvalue weighted by Crippen LogP contribution is 2.00. The first-order valence-corrected chi connectivity index (χ1v) is 7.73. The van der Waals surface area contributed by atoms with E-state index in [4.69, 9.17) is 21.1 Å². The zero-order valence-corrected chi connectivity index (χ0v) is 14.4. The summed E-state index contributed by atoms with van der Waals surface area (Å²) in [6, 6.07) is -3.95. The molecular weight excluding hydrogens is 368 g/mol. The number of hydrogen-bond acceptors (Lipinski definition) is 7. The highest BCUT2D eigenvalue weighted by molar-refractivity contribution is 5.94. The number of carboxylic acid groups (broad SMARTS) is 3. The average molecular weight is 390 g/mol. The van der Waals surface area contributed by atoms with Crippen molar-refractivity contribution in [2.45, 2.75) is 44.3 Å². The van der Waals surface area contributed by atoms with Gasteiger partial charge in [-0.25, -0.2) is 0 Å². The van der Waals surface area contributed by atoms with Gasteiger partial charge in [-0.2, -0.15) is 0 Å². The third-order valence-electron chi connectivity index (χ3n) is 3.18. The summed E-state index contributed by atoms with van der Waals surface area (Å²) in [6.07, 6.45) is -1.44. The molecule has 0 aromatic heterocycles. The quantitative estimate of drug-likeness (QED) is 0.177. The Labute approximate surface area is 153 Å². The normalized spacial score (nSPS) is 13.6. The molecule has 0 rings (SSSR count). The van der Waals surface area contributed by atoms with Crippen LogP contribution in [0.3, 0.4) is 0 Å². The molecule has 0 aliphatic heterocycles. The maximum absolute atomic E-state index is 12.1. The molecule has 13 nitrogen and oxygen atoms in total. The second-order valence-corrected chi connectivity index (χ2v) is 5.54. The zero-order chi connectivity index (χ0) is 21.1. The number of carbonyl (C=O) groups is 6. The number of nitrogens with one attached hydrogen (secondary N) is 3. The second kappa shape index (κ2) is 11.4. The van der Waals surface area contributed by atoms with Crippen LogP contribution in [0.2, 0.25) is 0 Å². The number of aliphatic carboxylic acids is 3. The fourth-order valence-corrected chi connectivity index (χ4v) is 1.79. The van der Waals surface area contributed by atoms with E-state index in [2.05, 4.69) is 10.6 Å². The highest BCUT2D eigenvalue weighted by Gasteiger charge is 2.26. The van der Waals surface area contributed by atoms with Crippen molar-refractivity contribution >= 4 is 35.6 Å². The summed E-state index contributed by atoms with van der Waals surface area (Å²) in [5, 5.41) is 32.2. The molecule has 27 heavy (non-hydrogen) atoms. The predicted octanol–water partition coefficient (Wildman–Crippen LogP) is -3.16. The Bertz CT molecular complexity index is 607. The molecule has 0 radical (unpaired) electrons. The molecule has 0 spiro atoms. The standard InChI is InChI=1S/C14H22N4O9/c1-6(17-13(26)7(15)4-10(21)22)12(25)18-8(2-3-9(19)20)14(27)16-5-11(23)24/h6-8H,2-5,15H2,1H3,(H,16,27)(H,17,26)(H,18,25)(H,19,20)(H,21,22)(H,23,24). The van der Waals surface area contributed by atoms with Gasteiger partial charge in [0.15, 0.2) is 0 Å². The van der Waals surface area contributed by atoms with Gasteiger partial charge >= 0.3 is 17.9 Å². The molecule has 0 aromatic rings. The molecule has 0 aliphatic rings. The van der Waals surface area contributed by atoms with Gasteiger partial charge < -0.3 is 37.0 Å². The van der Waals surface area contributed by atoms with E-state index in [0.717, 1.165) is 0 Å². The maximum atomic E-state index is 12.1. The van der Waals surface area contributed by atoms with E-state index in [1.165, 1.54) is 6.92 Å². The molecule has 0 aromatic carbocycles. The van der Waals surface area contributed by atoms with E-state index >= 15 is 0 Å². The first kappa shape index (κ1) is 23.8. The summed E-state index contributed by atoms with van der Waals surface area (Å²) < 4.78 is 0. The maximum Gasteiger partial charge on any atom is 0.322 e. The van der Waals surface area contributed by atoms with Crippen molar-refractivity contribution < 1.29 is 44.1 Å². The van der Waals surface area contributed by atoms with Crippen molar-refractivity contribution in [1.82, 2.24) is 16.0 Å². The second-order valence-electron chi connectivity index (χ2n) is 5.54. The van der Waals surface area contributed by atoms with Crippen LogP contribution in [0.1, 0.15) is 26.2 Å². The third-order valence-corrected chi connectivity index (χ3v) is 3.18. The lowest BCUT2D eigenvalue weighted by Crippen LogP contribution is -2.55. The number of carboxylic acids is 3. The van der Waals surface area contributed by atoms with E-state index in [9.17, 15) is 28.8 Å². The minimum Gasteiger partial charge on any atom is -0.481 e. The lowest BCUT2D eigenvalue weighted by atomic mass is 10.1. The molecule has 0 saturated carbocycles. The van der Waals surface area contributed by atoms with Crippen LogP contribution in [0, 0.1) is 0 Å². The van der Waals surface area contributed by atoms with E-state index in [1.54, 1.807) is 0 Å². The number of carbonyl (C=O) groups excluding carboxylic acids is 3. The first-order chi connectivity index (χ1) is 12.4. The fraction of sp³-hybridized carbons (Fsp3) is 0.571. The lowest BCUT2D eigenvalue weighted by Gasteiger charge is -2.21. The Morgan fingerprint density at radius 3 is 1.93 bits per heavy atom. The van der Waals surface area contributed by atoms with Crippen LogP contribution in [-0.4, -0.2) is 75.6 Å². The predicted molar refractivity (Wildman–Crippen MR) is 87.3 cm³/mol. The Morgan fingerprint density at radius 1 is 0.852 bits per heavy atom. The van der Waals surface area contributed by atoms with Crippen LogP contribution in [0.25, 0.3) is 0 Å². The molecule has 0 saturated heterocycles. The highest BCUT2D eigenvalue weighted by atomic mass is 16.4. The Kier molecular flexibility index (Phi) is 10.0. The van der Waals surface area contributed by atoms with Crippen LogP contribution < -0.4 is 21.7 Å². The minimum atomic E-state index is -1.39. The van der Waals surface area contributed by atoms with E-state index in [1.807, 2.05) is 5.32 Å². The van der Waals surface area contributed by atoms with Gasteiger partial charge in [-0.3, -0.25) is 28.8 Å². The summed E-state index contributed by atoms with van der Waals surface area (Å²) in [7, 11) is 0. The summed E-state index contributed by atoms with van der Waals surface area (Å²) in [6.45, 7) is 0.513. The molecular formula is C14H22N4O9.